The Morgan fingerprint density at radius 3 is 2.55 bits per heavy atom. The van der Waals surface area contributed by atoms with Gasteiger partial charge in [-0.05, 0) is 20.8 Å². The van der Waals surface area contributed by atoms with Crippen molar-refractivity contribution in [3.8, 4) is 12.3 Å². The summed E-state index contributed by atoms with van der Waals surface area (Å²) in [6.07, 6.45) is 4.34. The monoisotopic (exact) mass is 156 g/mol. The van der Waals surface area contributed by atoms with E-state index in [1.165, 1.54) is 0 Å². The maximum absolute atomic E-state index is 10.7. The van der Waals surface area contributed by atoms with Gasteiger partial charge in [0.2, 0.25) is 0 Å². The van der Waals surface area contributed by atoms with Crippen LogP contribution in [-0.2, 0) is 9.47 Å². The second-order valence-electron chi connectivity index (χ2n) is 2.44. The molecule has 0 spiro atoms. The molecule has 0 N–H and O–H groups in total. The Balaban J connectivity index is 3.86. The Bertz CT molecular complexity index is 176. The van der Waals surface area contributed by atoms with Gasteiger partial charge in [0.15, 0.2) is 5.60 Å². The Labute approximate surface area is 66.7 Å². The van der Waals surface area contributed by atoms with Crippen LogP contribution < -0.4 is 0 Å². The van der Waals surface area contributed by atoms with Gasteiger partial charge in [-0.25, -0.2) is 4.79 Å². The molecule has 0 radical (unpaired) electrons. The van der Waals surface area contributed by atoms with Crippen LogP contribution in [0, 0.1) is 12.3 Å². The molecule has 0 saturated carbocycles. The highest BCUT2D eigenvalue weighted by molar-refractivity contribution is 5.60. The number of carbonyl (C=O) groups is 1. The van der Waals surface area contributed by atoms with E-state index in [2.05, 4.69) is 10.7 Å². The van der Waals surface area contributed by atoms with Gasteiger partial charge in [0, 0.05) is 0 Å². The third kappa shape index (κ3) is 4.26. The zero-order valence-corrected chi connectivity index (χ0v) is 7.01. The first-order valence-corrected chi connectivity index (χ1v) is 3.35. The lowest BCUT2D eigenvalue weighted by Gasteiger charge is -2.17. The van der Waals surface area contributed by atoms with E-state index < -0.39 is 11.8 Å². The van der Waals surface area contributed by atoms with Crippen LogP contribution in [-0.4, -0.2) is 18.4 Å². The van der Waals surface area contributed by atoms with Gasteiger partial charge in [-0.1, -0.05) is 5.92 Å². The predicted octanol–water partition coefficient (Wildman–Crippen LogP) is 1.57. The molecule has 0 aromatic heterocycles. The fourth-order valence-corrected chi connectivity index (χ4v) is 0.385. The molecule has 0 amide bonds. The third-order valence-electron chi connectivity index (χ3n) is 0.948. The summed E-state index contributed by atoms with van der Waals surface area (Å²) in [7, 11) is 0. The van der Waals surface area contributed by atoms with E-state index in [-0.39, 0.29) is 0 Å². The van der Waals surface area contributed by atoms with E-state index in [0.29, 0.717) is 6.61 Å². The van der Waals surface area contributed by atoms with Crippen LogP contribution in [0.3, 0.4) is 0 Å². The SMILES string of the molecule is C#CC(C)(C)OC(=O)OCC. The molecule has 0 fully saturated rings. The van der Waals surface area contributed by atoms with E-state index in [9.17, 15) is 4.79 Å². The van der Waals surface area contributed by atoms with Crippen molar-refractivity contribution < 1.29 is 14.3 Å². The molecule has 3 heteroatoms. The predicted molar refractivity (Wildman–Crippen MR) is 41.0 cm³/mol. The summed E-state index contributed by atoms with van der Waals surface area (Å²) in [5, 5.41) is 0. The largest absolute Gasteiger partial charge is 0.509 e. The molecule has 0 aromatic rings. The molecular weight excluding hydrogens is 144 g/mol. The molecule has 0 aliphatic rings. The molecule has 11 heavy (non-hydrogen) atoms. The lowest BCUT2D eigenvalue weighted by atomic mass is 10.2. The minimum Gasteiger partial charge on any atom is -0.435 e. The molecule has 0 aromatic carbocycles. The van der Waals surface area contributed by atoms with Crippen LogP contribution in [0.1, 0.15) is 20.8 Å². The van der Waals surface area contributed by atoms with Crippen molar-refractivity contribution in [2.75, 3.05) is 6.61 Å². The molecule has 0 saturated heterocycles. The fraction of sp³-hybridized carbons (Fsp3) is 0.625. The zero-order valence-electron chi connectivity index (χ0n) is 7.01. The minimum absolute atomic E-state index is 0.291. The van der Waals surface area contributed by atoms with Crippen molar-refractivity contribution in [3.63, 3.8) is 0 Å². The van der Waals surface area contributed by atoms with E-state index in [0.717, 1.165) is 0 Å². The Morgan fingerprint density at radius 1 is 1.64 bits per heavy atom. The number of rotatable bonds is 2. The summed E-state index contributed by atoms with van der Waals surface area (Å²) in [6, 6.07) is 0. The standard InChI is InChI=1S/C8H12O3/c1-5-8(3,4)11-7(9)10-6-2/h1H,6H2,2-4H3. The summed E-state index contributed by atoms with van der Waals surface area (Å²) in [6.45, 7) is 5.22. The molecule has 0 aliphatic carbocycles. The highest BCUT2D eigenvalue weighted by Crippen LogP contribution is 2.07. The second kappa shape index (κ2) is 3.87. The Morgan fingerprint density at radius 2 is 2.18 bits per heavy atom. The lowest BCUT2D eigenvalue weighted by molar-refractivity contribution is 0.0125. The summed E-state index contributed by atoms with van der Waals surface area (Å²) >= 11 is 0. The van der Waals surface area contributed by atoms with Crippen LogP contribution in [0.25, 0.3) is 0 Å². The van der Waals surface area contributed by atoms with Gasteiger partial charge < -0.3 is 9.47 Å². The maximum Gasteiger partial charge on any atom is 0.509 e. The molecular formula is C8H12O3. The van der Waals surface area contributed by atoms with Crippen LogP contribution in [0.15, 0.2) is 0 Å². The van der Waals surface area contributed by atoms with E-state index in [4.69, 9.17) is 11.2 Å². The third-order valence-corrected chi connectivity index (χ3v) is 0.948. The van der Waals surface area contributed by atoms with Crippen molar-refractivity contribution >= 4 is 6.16 Å². The first kappa shape index (κ1) is 9.83. The summed E-state index contributed by atoms with van der Waals surface area (Å²) < 4.78 is 9.25. The average molecular weight is 156 g/mol. The van der Waals surface area contributed by atoms with Crippen molar-refractivity contribution in [1.29, 1.82) is 0 Å². The average Bonchev–Trinajstić information content (AvgIpc) is 1.87. The zero-order chi connectivity index (χ0) is 8.91. The number of hydrogen-bond acceptors (Lipinski definition) is 3. The van der Waals surface area contributed by atoms with Crippen LogP contribution >= 0.6 is 0 Å². The van der Waals surface area contributed by atoms with Crippen LogP contribution in [0.5, 0.6) is 0 Å². The van der Waals surface area contributed by atoms with E-state index in [1.807, 2.05) is 0 Å². The van der Waals surface area contributed by atoms with Gasteiger partial charge in [0.05, 0.1) is 6.61 Å². The summed E-state index contributed by atoms with van der Waals surface area (Å²) in [5.74, 6) is 2.31. The number of carbonyl (C=O) groups excluding carboxylic acids is 1. The fourth-order valence-electron chi connectivity index (χ4n) is 0.385. The smallest absolute Gasteiger partial charge is 0.435 e. The van der Waals surface area contributed by atoms with Gasteiger partial charge in [-0.3, -0.25) is 0 Å². The van der Waals surface area contributed by atoms with E-state index in [1.54, 1.807) is 20.8 Å². The van der Waals surface area contributed by atoms with Gasteiger partial charge in [-0.15, -0.1) is 6.42 Å². The topological polar surface area (TPSA) is 35.5 Å². The van der Waals surface area contributed by atoms with Crippen molar-refractivity contribution in [1.82, 2.24) is 0 Å². The van der Waals surface area contributed by atoms with Gasteiger partial charge in [0.1, 0.15) is 0 Å². The normalized spacial score (nSPS) is 10.0. The summed E-state index contributed by atoms with van der Waals surface area (Å²) in [5.41, 5.74) is -0.883. The number of hydrogen-bond donors (Lipinski definition) is 0. The molecule has 0 unspecified atom stereocenters. The molecule has 0 atom stereocenters. The highest BCUT2D eigenvalue weighted by atomic mass is 16.7. The summed E-state index contributed by atoms with van der Waals surface area (Å²) in [4.78, 5) is 10.7. The van der Waals surface area contributed by atoms with Crippen LogP contribution in [0.4, 0.5) is 4.79 Å². The second-order valence-corrected chi connectivity index (χ2v) is 2.44. The first-order valence-electron chi connectivity index (χ1n) is 3.35. The Kier molecular flexibility index (Phi) is 3.46. The number of ether oxygens (including phenoxy) is 2. The van der Waals surface area contributed by atoms with Crippen molar-refractivity contribution in [2.45, 2.75) is 26.4 Å². The van der Waals surface area contributed by atoms with Crippen LogP contribution in [0.2, 0.25) is 0 Å². The molecule has 0 rings (SSSR count). The Hall–Kier alpha value is -1.17. The first-order chi connectivity index (χ1) is 5.02. The van der Waals surface area contributed by atoms with Gasteiger partial charge in [-0.2, -0.15) is 0 Å². The quantitative estimate of drug-likeness (QED) is 0.449. The molecule has 0 aliphatic heterocycles. The van der Waals surface area contributed by atoms with Gasteiger partial charge in [0.25, 0.3) is 0 Å². The van der Waals surface area contributed by atoms with Crippen molar-refractivity contribution in [2.24, 2.45) is 0 Å². The molecule has 3 nitrogen and oxygen atoms in total. The maximum atomic E-state index is 10.7. The number of terminal acetylenes is 1. The lowest BCUT2D eigenvalue weighted by Crippen LogP contribution is -2.26. The van der Waals surface area contributed by atoms with E-state index >= 15 is 0 Å². The van der Waals surface area contributed by atoms with Gasteiger partial charge >= 0.3 is 6.16 Å². The van der Waals surface area contributed by atoms with Crippen molar-refractivity contribution in [3.05, 3.63) is 0 Å². The molecule has 0 bridgehead atoms. The molecule has 0 heterocycles. The highest BCUT2D eigenvalue weighted by Gasteiger charge is 2.19. The molecule has 62 valence electrons. The minimum atomic E-state index is -0.883.